The molecule has 2 aromatic rings. The Morgan fingerprint density at radius 2 is 1.86 bits per heavy atom. The normalized spacial score (nSPS) is 11.6. The number of amides is 1. The number of ether oxygens (including phenoxy) is 1. The number of nitrogens with zero attached hydrogens (tertiary/aromatic N) is 1. The number of halogens is 1. The Morgan fingerprint density at radius 1 is 1.25 bits per heavy atom. The first-order valence-electron chi connectivity index (χ1n) is 8.72. The molecule has 2 rings (SSSR count). The van der Waals surface area contributed by atoms with E-state index in [1.807, 2.05) is 0 Å². The van der Waals surface area contributed by atoms with Crippen molar-refractivity contribution in [1.29, 1.82) is 0 Å². The van der Waals surface area contributed by atoms with Crippen LogP contribution in [0.5, 0.6) is 0 Å². The third kappa shape index (κ3) is 4.03. The van der Waals surface area contributed by atoms with Crippen molar-refractivity contribution in [1.82, 2.24) is 9.88 Å². The fourth-order valence-corrected chi connectivity index (χ4v) is 3.09. The van der Waals surface area contributed by atoms with E-state index in [-0.39, 0.29) is 23.6 Å². The van der Waals surface area contributed by atoms with Crippen LogP contribution in [-0.2, 0) is 4.74 Å². The molecule has 148 valence electrons. The van der Waals surface area contributed by atoms with E-state index in [1.54, 1.807) is 20.8 Å². The maximum absolute atomic E-state index is 13.2. The second kappa shape index (κ2) is 8.65. The standard InChI is InChI=1S/C21H23FN2O4/c1-6-11-24(20(26)15-7-9-16(22)10-8-15)14(4)19(25)17-12(2)18(21(27)28-5)23-13(17)3/h6-10,14,23H,1,11H2,2-5H3/t14-/m0/s1. The SMILES string of the molecule is C=CCN(C(=O)c1ccc(F)cc1)[C@@H](C)C(=O)c1c(C)[nH]c(C(=O)OC)c1C. The molecule has 0 radical (unpaired) electrons. The van der Waals surface area contributed by atoms with Crippen LogP contribution in [-0.4, -0.2) is 47.2 Å². The second-order valence-electron chi connectivity index (χ2n) is 6.41. The lowest BCUT2D eigenvalue weighted by atomic mass is 9.99. The van der Waals surface area contributed by atoms with Crippen LogP contribution in [0.3, 0.4) is 0 Å². The zero-order chi connectivity index (χ0) is 21.0. The molecule has 1 atom stereocenters. The van der Waals surface area contributed by atoms with Crippen LogP contribution in [0, 0.1) is 19.7 Å². The Labute approximate surface area is 163 Å². The Balaban J connectivity index is 2.39. The third-order valence-corrected chi connectivity index (χ3v) is 4.60. The molecule has 1 amide bonds. The molecule has 1 heterocycles. The van der Waals surface area contributed by atoms with Gasteiger partial charge in [0.05, 0.1) is 13.2 Å². The van der Waals surface area contributed by atoms with Gasteiger partial charge in [0.2, 0.25) is 0 Å². The molecule has 0 fully saturated rings. The number of ketones is 1. The number of esters is 1. The van der Waals surface area contributed by atoms with Crippen LogP contribution in [0.2, 0.25) is 0 Å². The van der Waals surface area contributed by atoms with Crippen molar-refractivity contribution < 1.29 is 23.5 Å². The summed E-state index contributed by atoms with van der Waals surface area (Å²) in [5.74, 6) is -1.76. The van der Waals surface area contributed by atoms with Gasteiger partial charge in [-0.25, -0.2) is 9.18 Å². The molecular formula is C21H23FN2O4. The summed E-state index contributed by atoms with van der Waals surface area (Å²) in [4.78, 5) is 42.1. The molecule has 0 bridgehead atoms. The highest BCUT2D eigenvalue weighted by Crippen LogP contribution is 2.22. The Hall–Kier alpha value is -3.22. The fraction of sp³-hybridized carbons (Fsp3) is 0.286. The van der Waals surface area contributed by atoms with Crippen molar-refractivity contribution in [2.24, 2.45) is 0 Å². The highest BCUT2D eigenvalue weighted by atomic mass is 19.1. The minimum atomic E-state index is -0.825. The van der Waals surface area contributed by atoms with Gasteiger partial charge in [0.15, 0.2) is 5.78 Å². The van der Waals surface area contributed by atoms with Gasteiger partial charge in [0.1, 0.15) is 11.5 Å². The number of aromatic nitrogens is 1. The van der Waals surface area contributed by atoms with Gasteiger partial charge in [0, 0.05) is 23.4 Å². The van der Waals surface area contributed by atoms with E-state index in [4.69, 9.17) is 4.74 Å². The summed E-state index contributed by atoms with van der Waals surface area (Å²) >= 11 is 0. The molecule has 0 saturated carbocycles. The number of methoxy groups -OCH3 is 1. The van der Waals surface area contributed by atoms with Crippen LogP contribution in [0.4, 0.5) is 4.39 Å². The minimum absolute atomic E-state index is 0.134. The average Bonchev–Trinajstić information content (AvgIpc) is 2.98. The van der Waals surface area contributed by atoms with Crippen molar-refractivity contribution in [2.75, 3.05) is 13.7 Å². The summed E-state index contributed by atoms with van der Waals surface area (Å²) in [6, 6.07) is 4.29. The number of Topliss-reactive ketones (excluding diaryl/α,β-unsaturated/α-hetero) is 1. The lowest BCUT2D eigenvalue weighted by Gasteiger charge is -2.27. The maximum Gasteiger partial charge on any atom is 0.354 e. The number of hydrogen-bond donors (Lipinski definition) is 1. The zero-order valence-corrected chi connectivity index (χ0v) is 16.3. The van der Waals surface area contributed by atoms with Crippen LogP contribution >= 0.6 is 0 Å². The monoisotopic (exact) mass is 386 g/mol. The van der Waals surface area contributed by atoms with Gasteiger partial charge >= 0.3 is 5.97 Å². The maximum atomic E-state index is 13.2. The summed E-state index contributed by atoms with van der Waals surface area (Å²) in [5.41, 5.74) is 1.79. The van der Waals surface area contributed by atoms with Crippen molar-refractivity contribution in [3.05, 3.63) is 70.8 Å². The number of hydrogen-bond acceptors (Lipinski definition) is 4. The lowest BCUT2D eigenvalue weighted by molar-refractivity contribution is 0.0593. The van der Waals surface area contributed by atoms with Crippen molar-refractivity contribution in [3.8, 4) is 0 Å². The largest absolute Gasteiger partial charge is 0.464 e. The quantitative estimate of drug-likeness (QED) is 0.449. The topological polar surface area (TPSA) is 79.5 Å². The van der Waals surface area contributed by atoms with Gasteiger partial charge in [-0.2, -0.15) is 0 Å². The number of aryl methyl sites for hydroxylation is 1. The molecule has 0 saturated heterocycles. The van der Waals surface area contributed by atoms with Gasteiger partial charge in [0.25, 0.3) is 5.91 Å². The first-order valence-corrected chi connectivity index (χ1v) is 8.72. The van der Waals surface area contributed by atoms with E-state index in [0.29, 0.717) is 16.8 Å². The zero-order valence-electron chi connectivity index (χ0n) is 16.3. The molecule has 0 aliphatic heterocycles. The smallest absolute Gasteiger partial charge is 0.354 e. The van der Waals surface area contributed by atoms with E-state index in [9.17, 15) is 18.8 Å². The number of carbonyl (C=O) groups is 3. The molecule has 7 heteroatoms. The average molecular weight is 386 g/mol. The minimum Gasteiger partial charge on any atom is -0.464 e. The van der Waals surface area contributed by atoms with Gasteiger partial charge in [-0.05, 0) is 50.6 Å². The van der Waals surface area contributed by atoms with Crippen LogP contribution in [0.15, 0.2) is 36.9 Å². The first kappa shape index (κ1) is 21.1. The molecule has 0 unspecified atom stereocenters. The van der Waals surface area contributed by atoms with Gasteiger partial charge in [-0.1, -0.05) is 6.08 Å². The predicted octanol–water partition coefficient (Wildman–Crippen LogP) is 3.46. The summed E-state index contributed by atoms with van der Waals surface area (Å²) in [7, 11) is 1.26. The van der Waals surface area contributed by atoms with Crippen molar-refractivity contribution >= 4 is 17.7 Å². The molecule has 1 aromatic heterocycles. The highest BCUT2D eigenvalue weighted by Gasteiger charge is 2.31. The van der Waals surface area contributed by atoms with E-state index in [2.05, 4.69) is 11.6 Å². The highest BCUT2D eigenvalue weighted by molar-refractivity contribution is 6.07. The van der Waals surface area contributed by atoms with E-state index < -0.39 is 23.7 Å². The molecule has 1 N–H and O–H groups in total. The van der Waals surface area contributed by atoms with Crippen LogP contribution < -0.4 is 0 Å². The summed E-state index contributed by atoms with van der Waals surface area (Å²) in [6.07, 6.45) is 1.52. The number of benzene rings is 1. The number of carbonyl (C=O) groups excluding carboxylic acids is 3. The number of rotatable bonds is 7. The molecule has 0 aliphatic rings. The third-order valence-electron chi connectivity index (χ3n) is 4.60. The Kier molecular flexibility index (Phi) is 6.51. The lowest BCUT2D eigenvalue weighted by Crippen LogP contribution is -2.43. The number of aromatic amines is 1. The molecule has 0 spiro atoms. The predicted molar refractivity (Wildman–Crippen MR) is 103 cm³/mol. The van der Waals surface area contributed by atoms with Gasteiger partial charge < -0.3 is 14.6 Å². The van der Waals surface area contributed by atoms with E-state index >= 15 is 0 Å². The molecule has 6 nitrogen and oxygen atoms in total. The summed E-state index contributed by atoms with van der Waals surface area (Å²) < 4.78 is 17.9. The molecule has 1 aromatic carbocycles. The molecular weight excluding hydrogens is 363 g/mol. The van der Waals surface area contributed by atoms with Crippen LogP contribution in [0.1, 0.15) is 49.4 Å². The second-order valence-corrected chi connectivity index (χ2v) is 6.41. The van der Waals surface area contributed by atoms with Gasteiger partial charge in [-0.3, -0.25) is 9.59 Å². The van der Waals surface area contributed by atoms with E-state index in [0.717, 1.165) is 0 Å². The Bertz CT molecular complexity index is 915. The summed E-state index contributed by atoms with van der Waals surface area (Å²) in [5, 5.41) is 0. The summed E-state index contributed by atoms with van der Waals surface area (Å²) in [6.45, 7) is 8.72. The van der Waals surface area contributed by atoms with Crippen LogP contribution in [0.25, 0.3) is 0 Å². The molecule has 28 heavy (non-hydrogen) atoms. The fourth-order valence-electron chi connectivity index (χ4n) is 3.09. The molecule has 0 aliphatic carbocycles. The first-order chi connectivity index (χ1) is 13.2. The number of H-pyrrole nitrogens is 1. The van der Waals surface area contributed by atoms with Crippen molar-refractivity contribution in [2.45, 2.75) is 26.8 Å². The Morgan fingerprint density at radius 3 is 2.39 bits per heavy atom. The number of nitrogens with one attached hydrogen (secondary N) is 1. The van der Waals surface area contributed by atoms with Crippen molar-refractivity contribution in [3.63, 3.8) is 0 Å². The van der Waals surface area contributed by atoms with Gasteiger partial charge in [-0.15, -0.1) is 6.58 Å². The van der Waals surface area contributed by atoms with E-state index in [1.165, 1.54) is 42.4 Å².